The van der Waals surface area contributed by atoms with Crippen LogP contribution >= 0.6 is 0 Å². The van der Waals surface area contributed by atoms with E-state index in [0.29, 0.717) is 12.5 Å². The van der Waals surface area contributed by atoms with Crippen LogP contribution in [0, 0.1) is 23.2 Å². The fourth-order valence-electron chi connectivity index (χ4n) is 1.37. The Labute approximate surface area is 97.0 Å². The Morgan fingerprint density at radius 1 is 1.31 bits per heavy atom. The van der Waals surface area contributed by atoms with Gasteiger partial charge >= 0.3 is 0 Å². The van der Waals surface area contributed by atoms with Crippen LogP contribution in [0.5, 0.6) is 5.75 Å². The summed E-state index contributed by atoms with van der Waals surface area (Å²) in [5.74, 6) is 1.25. The lowest BCUT2D eigenvalue weighted by Crippen LogP contribution is -2.17. The SMILES string of the molecule is COc1ccc(NCC(C#N)C(C)C)cc1. The summed E-state index contributed by atoms with van der Waals surface area (Å²) < 4.78 is 5.07. The molecule has 0 saturated carbocycles. The van der Waals surface area contributed by atoms with E-state index in [4.69, 9.17) is 10.00 Å². The molecule has 0 heterocycles. The lowest BCUT2D eigenvalue weighted by atomic mass is 9.97. The van der Waals surface area contributed by atoms with E-state index in [1.165, 1.54) is 0 Å². The van der Waals surface area contributed by atoms with E-state index in [-0.39, 0.29) is 5.92 Å². The number of benzene rings is 1. The first-order valence-corrected chi connectivity index (χ1v) is 5.45. The number of hydrogen-bond donors (Lipinski definition) is 1. The van der Waals surface area contributed by atoms with Crippen molar-refractivity contribution in [3.05, 3.63) is 24.3 Å². The Balaban J connectivity index is 2.51. The molecule has 0 aliphatic rings. The number of nitrogens with one attached hydrogen (secondary N) is 1. The third-order valence-corrected chi connectivity index (χ3v) is 2.59. The van der Waals surface area contributed by atoms with Crippen LogP contribution in [0.15, 0.2) is 24.3 Å². The maximum Gasteiger partial charge on any atom is 0.119 e. The molecule has 16 heavy (non-hydrogen) atoms. The minimum atomic E-state index is 0.0436. The van der Waals surface area contributed by atoms with Crippen molar-refractivity contribution in [2.24, 2.45) is 11.8 Å². The monoisotopic (exact) mass is 218 g/mol. The first-order valence-electron chi connectivity index (χ1n) is 5.45. The Hall–Kier alpha value is -1.69. The number of anilines is 1. The van der Waals surface area contributed by atoms with Gasteiger partial charge in [0.15, 0.2) is 0 Å². The van der Waals surface area contributed by atoms with Crippen molar-refractivity contribution in [1.82, 2.24) is 0 Å². The van der Waals surface area contributed by atoms with Crippen molar-refractivity contribution < 1.29 is 4.74 Å². The highest BCUT2D eigenvalue weighted by atomic mass is 16.5. The molecule has 0 spiro atoms. The van der Waals surface area contributed by atoms with E-state index in [1.807, 2.05) is 24.3 Å². The smallest absolute Gasteiger partial charge is 0.119 e. The molecule has 0 saturated heterocycles. The minimum Gasteiger partial charge on any atom is -0.497 e. The molecule has 3 nitrogen and oxygen atoms in total. The molecule has 1 N–H and O–H groups in total. The zero-order valence-electron chi connectivity index (χ0n) is 10.0. The molecule has 0 amide bonds. The fraction of sp³-hybridized carbons (Fsp3) is 0.462. The van der Waals surface area contributed by atoms with Gasteiger partial charge in [0, 0.05) is 12.2 Å². The van der Waals surface area contributed by atoms with Crippen LogP contribution < -0.4 is 10.1 Å². The average Bonchev–Trinajstić information content (AvgIpc) is 2.30. The molecule has 86 valence electrons. The standard InChI is InChI=1S/C13H18N2O/c1-10(2)11(8-14)9-15-12-4-6-13(16-3)7-5-12/h4-7,10-11,15H,9H2,1-3H3. The number of nitriles is 1. The zero-order valence-corrected chi connectivity index (χ0v) is 10.0. The second-order valence-corrected chi connectivity index (χ2v) is 4.09. The topological polar surface area (TPSA) is 45.0 Å². The van der Waals surface area contributed by atoms with Gasteiger partial charge in [-0.05, 0) is 30.2 Å². The minimum absolute atomic E-state index is 0.0436. The summed E-state index contributed by atoms with van der Waals surface area (Å²) in [5.41, 5.74) is 1.02. The largest absolute Gasteiger partial charge is 0.497 e. The lowest BCUT2D eigenvalue weighted by Gasteiger charge is -2.14. The van der Waals surface area contributed by atoms with Crippen molar-refractivity contribution in [1.29, 1.82) is 5.26 Å². The maximum atomic E-state index is 8.95. The van der Waals surface area contributed by atoms with Crippen LogP contribution in [-0.4, -0.2) is 13.7 Å². The van der Waals surface area contributed by atoms with Crippen molar-refractivity contribution in [3.63, 3.8) is 0 Å². The molecule has 1 atom stereocenters. The van der Waals surface area contributed by atoms with E-state index in [1.54, 1.807) is 7.11 Å². The Bertz CT molecular complexity index is 351. The van der Waals surface area contributed by atoms with Gasteiger partial charge < -0.3 is 10.1 Å². The molecule has 0 radical (unpaired) electrons. The van der Waals surface area contributed by atoms with Crippen LogP contribution in [0.3, 0.4) is 0 Å². The summed E-state index contributed by atoms with van der Waals surface area (Å²) in [4.78, 5) is 0. The summed E-state index contributed by atoms with van der Waals surface area (Å²) in [6.07, 6.45) is 0. The second kappa shape index (κ2) is 6.02. The molecular weight excluding hydrogens is 200 g/mol. The van der Waals surface area contributed by atoms with Crippen LogP contribution in [0.1, 0.15) is 13.8 Å². The van der Waals surface area contributed by atoms with E-state index in [2.05, 4.69) is 25.2 Å². The maximum absolute atomic E-state index is 8.95. The van der Waals surface area contributed by atoms with Crippen molar-refractivity contribution in [2.75, 3.05) is 19.0 Å². The number of methoxy groups -OCH3 is 1. The molecule has 0 aliphatic carbocycles. The predicted octanol–water partition coefficient (Wildman–Crippen LogP) is 2.90. The lowest BCUT2D eigenvalue weighted by molar-refractivity contribution is 0.415. The highest BCUT2D eigenvalue weighted by Gasteiger charge is 2.11. The normalized spacial score (nSPS) is 11.9. The molecule has 0 aromatic heterocycles. The summed E-state index contributed by atoms with van der Waals surface area (Å²) in [6.45, 7) is 4.80. The van der Waals surface area contributed by atoms with Gasteiger partial charge in [-0.25, -0.2) is 0 Å². The van der Waals surface area contributed by atoms with Gasteiger partial charge in [-0.2, -0.15) is 5.26 Å². The highest BCUT2D eigenvalue weighted by Crippen LogP contribution is 2.16. The number of ether oxygens (including phenoxy) is 1. The van der Waals surface area contributed by atoms with Gasteiger partial charge in [0.05, 0.1) is 19.1 Å². The van der Waals surface area contributed by atoms with Gasteiger partial charge in [-0.1, -0.05) is 13.8 Å². The average molecular weight is 218 g/mol. The fourth-order valence-corrected chi connectivity index (χ4v) is 1.37. The Morgan fingerprint density at radius 2 is 1.94 bits per heavy atom. The van der Waals surface area contributed by atoms with E-state index >= 15 is 0 Å². The first-order chi connectivity index (χ1) is 7.67. The summed E-state index contributed by atoms with van der Waals surface area (Å²) in [7, 11) is 1.65. The van der Waals surface area contributed by atoms with Crippen molar-refractivity contribution in [2.45, 2.75) is 13.8 Å². The van der Waals surface area contributed by atoms with Gasteiger partial charge in [-0.3, -0.25) is 0 Å². The molecule has 0 bridgehead atoms. The Morgan fingerprint density at radius 3 is 2.38 bits per heavy atom. The Kier molecular flexibility index (Phi) is 4.65. The van der Waals surface area contributed by atoms with Gasteiger partial charge in [0.2, 0.25) is 0 Å². The molecule has 1 unspecified atom stereocenters. The van der Waals surface area contributed by atoms with Crippen molar-refractivity contribution >= 4 is 5.69 Å². The van der Waals surface area contributed by atoms with Crippen LogP contribution in [0.25, 0.3) is 0 Å². The molecule has 3 heteroatoms. The summed E-state index contributed by atoms with van der Waals surface area (Å²) in [5, 5.41) is 12.2. The quantitative estimate of drug-likeness (QED) is 0.826. The number of hydrogen-bond acceptors (Lipinski definition) is 3. The van der Waals surface area contributed by atoms with Crippen LogP contribution in [0.2, 0.25) is 0 Å². The highest BCUT2D eigenvalue weighted by molar-refractivity contribution is 5.46. The molecule has 0 fully saturated rings. The first kappa shape index (κ1) is 12.4. The molecular formula is C13H18N2O. The number of rotatable bonds is 5. The van der Waals surface area contributed by atoms with Gasteiger partial charge in [-0.15, -0.1) is 0 Å². The van der Waals surface area contributed by atoms with E-state index in [0.717, 1.165) is 11.4 Å². The summed E-state index contributed by atoms with van der Waals surface area (Å²) >= 11 is 0. The van der Waals surface area contributed by atoms with Crippen LogP contribution in [0.4, 0.5) is 5.69 Å². The number of nitrogens with zero attached hydrogens (tertiary/aromatic N) is 1. The second-order valence-electron chi connectivity index (χ2n) is 4.09. The van der Waals surface area contributed by atoms with E-state index in [9.17, 15) is 0 Å². The van der Waals surface area contributed by atoms with Gasteiger partial charge in [0.25, 0.3) is 0 Å². The molecule has 1 aromatic rings. The van der Waals surface area contributed by atoms with Crippen LogP contribution in [-0.2, 0) is 0 Å². The van der Waals surface area contributed by atoms with Gasteiger partial charge in [0.1, 0.15) is 5.75 Å². The molecule has 0 aliphatic heterocycles. The predicted molar refractivity (Wildman–Crippen MR) is 65.4 cm³/mol. The third kappa shape index (κ3) is 3.47. The zero-order chi connectivity index (χ0) is 12.0. The van der Waals surface area contributed by atoms with Crippen molar-refractivity contribution in [3.8, 4) is 11.8 Å². The summed E-state index contributed by atoms with van der Waals surface area (Å²) in [6, 6.07) is 10.0. The van der Waals surface area contributed by atoms with E-state index < -0.39 is 0 Å². The molecule has 1 rings (SSSR count). The molecule has 1 aromatic carbocycles. The third-order valence-electron chi connectivity index (χ3n) is 2.59.